The third-order valence-corrected chi connectivity index (χ3v) is 3.60. The molecule has 0 radical (unpaired) electrons. The quantitative estimate of drug-likeness (QED) is 0.921. The van der Waals surface area contributed by atoms with E-state index in [1.165, 1.54) is 6.07 Å². The number of nitrogens with one attached hydrogen (secondary N) is 1. The largest absolute Gasteiger partial charge is 0.454 e. The zero-order valence-electron chi connectivity index (χ0n) is 11.6. The zero-order chi connectivity index (χ0) is 15.7. The molecule has 0 bridgehead atoms. The molecule has 0 fully saturated rings. The molecule has 1 amide bonds. The minimum atomic E-state index is -0.373. The summed E-state index contributed by atoms with van der Waals surface area (Å²) in [4.78, 5) is 12.4. The van der Waals surface area contributed by atoms with Crippen LogP contribution in [-0.4, -0.2) is 12.7 Å². The van der Waals surface area contributed by atoms with Gasteiger partial charge in [-0.3, -0.25) is 4.79 Å². The van der Waals surface area contributed by atoms with E-state index in [9.17, 15) is 10.1 Å². The second-order valence-electron chi connectivity index (χ2n) is 4.76. The van der Waals surface area contributed by atoms with Crippen molar-refractivity contribution in [3.63, 3.8) is 0 Å². The van der Waals surface area contributed by atoms with E-state index in [1.54, 1.807) is 18.2 Å². The number of halogens is 1. The number of benzene rings is 2. The SMILES string of the molecule is Cc1cccc(NC(=O)c2cc(Cl)c3c(c2)OCO3)c1C#N. The van der Waals surface area contributed by atoms with Crippen molar-refractivity contribution in [3.8, 4) is 17.6 Å². The lowest BCUT2D eigenvalue weighted by molar-refractivity contribution is 0.102. The van der Waals surface area contributed by atoms with Crippen molar-refractivity contribution >= 4 is 23.2 Å². The number of fused-ring (bicyclic) bond motifs is 1. The highest BCUT2D eigenvalue weighted by molar-refractivity contribution is 6.32. The number of ether oxygens (including phenoxy) is 2. The summed E-state index contributed by atoms with van der Waals surface area (Å²) in [6.45, 7) is 1.89. The maximum atomic E-state index is 12.4. The minimum Gasteiger partial charge on any atom is -0.454 e. The molecule has 2 aromatic carbocycles. The van der Waals surface area contributed by atoms with Crippen molar-refractivity contribution in [2.45, 2.75) is 6.92 Å². The van der Waals surface area contributed by atoms with Crippen molar-refractivity contribution in [3.05, 3.63) is 52.0 Å². The Balaban J connectivity index is 1.92. The first-order valence-electron chi connectivity index (χ1n) is 6.50. The molecule has 0 spiro atoms. The van der Waals surface area contributed by atoms with Crippen LogP contribution in [-0.2, 0) is 0 Å². The molecule has 3 rings (SSSR count). The van der Waals surface area contributed by atoms with Crippen molar-refractivity contribution in [1.29, 1.82) is 5.26 Å². The van der Waals surface area contributed by atoms with Gasteiger partial charge in [-0.1, -0.05) is 23.7 Å². The number of nitrogens with zero attached hydrogens (tertiary/aromatic N) is 1. The number of aryl methyl sites for hydroxylation is 1. The molecule has 0 saturated carbocycles. The van der Waals surface area contributed by atoms with E-state index in [1.807, 2.05) is 13.0 Å². The van der Waals surface area contributed by atoms with Crippen LogP contribution in [0.1, 0.15) is 21.5 Å². The van der Waals surface area contributed by atoms with Gasteiger partial charge in [-0.2, -0.15) is 5.26 Å². The number of carbonyl (C=O) groups excluding carboxylic acids is 1. The smallest absolute Gasteiger partial charge is 0.255 e. The predicted molar refractivity (Wildman–Crippen MR) is 81.4 cm³/mol. The van der Waals surface area contributed by atoms with Crippen molar-refractivity contribution < 1.29 is 14.3 Å². The Morgan fingerprint density at radius 3 is 2.95 bits per heavy atom. The van der Waals surface area contributed by atoms with Gasteiger partial charge in [0.1, 0.15) is 6.07 Å². The summed E-state index contributed by atoms with van der Waals surface area (Å²) in [5.41, 5.74) is 2.02. The van der Waals surface area contributed by atoms with Crippen molar-refractivity contribution in [2.24, 2.45) is 0 Å². The van der Waals surface area contributed by atoms with Gasteiger partial charge in [-0.15, -0.1) is 0 Å². The second-order valence-corrected chi connectivity index (χ2v) is 5.16. The fraction of sp³-hybridized carbons (Fsp3) is 0.125. The summed E-state index contributed by atoms with van der Waals surface area (Å²) in [6, 6.07) is 10.4. The summed E-state index contributed by atoms with van der Waals surface area (Å²) in [7, 11) is 0. The Morgan fingerprint density at radius 1 is 1.36 bits per heavy atom. The first kappa shape index (κ1) is 14.2. The van der Waals surface area contributed by atoms with Crippen molar-refractivity contribution in [1.82, 2.24) is 0 Å². The maximum absolute atomic E-state index is 12.4. The van der Waals surface area contributed by atoms with E-state index in [0.29, 0.717) is 33.3 Å². The van der Waals surface area contributed by atoms with Crippen LogP contribution in [0.25, 0.3) is 0 Å². The van der Waals surface area contributed by atoms with E-state index >= 15 is 0 Å². The third-order valence-electron chi connectivity index (χ3n) is 3.32. The van der Waals surface area contributed by atoms with Gasteiger partial charge in [0.25, 0.3) is 5.91 Å². The van der Waals surface area contributed by atoms with Gasteiger partial charge >= 0.3 is 0 Å². The van der Waals surface area contributed by atoms with Crippen LogP contribution in [0.4, 0.5) is 5.69 Å². The van der Waals surface area contributed by atoms with Crippen LogP contribution in [0.15, 0.2) is 30.3 Å². The molecule has 0 unspecified atom stereocenters. The lowest BCUT2D eigenvalue weighted by Crippen LogP contribution is -2.13. The van der Waals surface area contributed by atoms with Crippen LogP contribution in [0.2, 0.25) is 5.02 Å². The Morgan fingerprint density at radius 2 is 2.18 bits per heavy atom. The molecule has 110 valence electrons. The Bertz CT molecular complexity index is 812. The molecule has 1 heterocycles. The van der Waals surface area contributed by atoms with Gasteiger partial charge in [0.2, 0.25) is 6.79 Å². The Kier molecular flexibility index (Phi) is 3.61. The average Bonchev–Trinajstić information content (AvgIpc) is 2.96. The first-order chi connectivity index (χ1) is 10.6. The molecule has 1 N–H and O–H groups in total. The Hall–Kier alpha value is -2.71. The van der Waals surface area contributed by atoms with Crippen LogP contribution in [0.5, 0.6) is 11.5 Å². The number of anilines is 1. The number of amides is 1. The van der Waals surface area contributed by atoms with Gasteiger partial charge in [-0.05, 0) is 30.7 Å². The lowest BCUT2D eigenvalue weighted by Gasteiger charge is -2.09. The van der Waals surface area contributed by atoms with E-state index in [4.69, 9.17) is 21.1 Å². The predicted octanol–water partition coefficient (Wildman–Crippen LogP) is 3.50. The second kappa shape index (κ2) is 5.58. The van der Waals surface area contributed by atoms with Crippen LogP contribution in [0.3, 0.4) is 0 Å². The molecule has 5 nitrogen and oxygen atoms in total. The summed E-state index contributed by atoms with van der Waals surface area (Å²) in [5, 5.41) is 12.2. The van der Waals surface area contributed by atoms with Gasteiger partial charge < -0.3 is 14.8 Å². The molecule has 2 aromatic rings. The van der Waals surface area contributed by atoms with E-state index in [2.05, 4.69) is 11.4 Å². The molecule has 0 aromatic heterocycles. The summed E-state index contributed by atoms with van der Waals surface area (Å²) in [5.74, 6) is 0.496. The number of carbonyl (C=O) groups is 1. The van der Waals surface area contributed by atoms with Gasteiger partial charge in [0.15, 0.2) is 11.5 Å². The monoisotopic (exact) mass is 314 g/mol. The fourth-order valence-electron chi connectivity index (χ4n) is 2.21. The van der Waals surface area contributed by atoms with Gasteiger partial charge in [0.05, 0.1) is 16.3 Å². The van der Waals surface area contributed by atoms with Crippen LogP contribution < -0.4 is 14.8 Å². The highest BCUT2D eigenvalue weighted by Crippen LogP contribution is 2.39. The third kappa shape index (κ3) is 2.45. The molecular formula is C16H11ClN2O3. The normalized spacial score (nSPS) is 11.9. The van der Waals surface area contributed by atoms with Gasteiger partial charge in [-0.25, -0.2) is 0 Å². The summed E-state index contributed by atoms with van der Waals surface area (Å²) < 4.78 is 10.5. The number of nitriles is 1. The molecule has 0 saturated heterocycles. The average molecular weight is 315 g/mol. The molecule has 0 aliphatic carbocycles. The molecule has 1 aliphatic rings. The van der Waals surface area contributed by atoms with Gasteiger partial charge in [0, 0.05) is 5.56 Å². The fourth-order valence-corrected chi connectivity index (χ4v) is 2.48. The van der Waals surface area contributed by atoms with Crippen LogP contribution in [0, 0.1) is 18.3 Å². The molecular weight excluding hydrogens is 304 g/mol. The molecule has 1 aliphatic heterocycles. The molecule has 0 atom stereocenters. The summed E-state index contributed by atoms with van der Waals surface area (Å²) in [6.07, 6.45) is 0. The number of hydrogen-bond donors (Lipinski definition) is 1. The van der Waals surface area contributed by atoms with E-state index in [-0.39, 0.29) is 12.7 Å². The van der Waals surface area contributed by atoms with Crippen molar-refractivity contribution in [2.75, 3.05) is 12.1 Å². The molecule has 22 heavy (non-hydrogen) atoms. The molecule has 6 heteroatoms. The van der Waals surface area contributed by atoms with E-state index < -0.39 is 0 Å². The number of hydrogen-bond acceptors (Lipinski definition) is 4. The topological polar surface area (TPSA) is 71.3 Å². The first-order valence-corrected chi connectivity index (χ1v) is 6.88. The maximum Gasteiger partial charge on any atom is 0.255 e. The van der Waals surface area contributed by atoms with E-state index in [0.717, 1.165) is 5.56 Å². The standard InChI is InChI=1S/C16H11ClN2O3/c1-9-3-2-4-13(11(9)7-18)19-16(20)10-5-12(17)15-14(6-10)21-8-22-15/h2-6H,8H2,1H3,(H,19,20). The number of rotatable bonds is 2. The van der Waals surface area contributed by atoms with Crippen LogP contribution >= 0.6 is 11.6 Å². The highest BCUT2D eigenvalue weighted by atomic mass is 35.5. The highest BCUT2D eigenvalue weighted by Gasteiger charge is 2.21. The minimum absolute atomic E-state index is 0.0799. The summed E-state index contributed by atoms with van der Waals surface area (Å²) >= 11 is 6.07. The Labute approximate surface area is 132 Å². The zero-order valence-corrected chi connectivity index (χ0v) is 12.4. The lowest BCUT2D eigenvalue weighted by atomic mass is 10.1.